The number of halogens is 8. The number of fused-ring (bicyclic) bond motifs is 3. The van der Waals surface area contributed by atoms with E-state index in [1.165, 1.54) is 29.2 Å². The number of rotatable bonds is 10. The molecule has 4 fully saturated rings. The molecule has 0 radical (unpaired) electrons. The first-order valence-corrected chi connectivity index (χ1v) is 16.1. The second-order valence-corrected chi connectivity index (χ2v) is 14.4. The molecule has 16 heteroatoms. The van der Waals surface area contributed by atoms with Crippen LogP contribution in [0.15, 0.2) is 48.5 Å². The van der Waals surface area contributed by atoms with E-state index in [9.17, 15) is 53.4 Å². The van der Waals surface area contributed by atoms with Gasteiger partial charge in [-0.1, -0.05) is 24.3 Å². The van der Waals surface area contributed by atoms with Gasteiger partial charge in [-0.25, -0.2) is 13.1 Å². The van der Waals surface area contributed by atoms with Crippen molar-refractivity contribution >= 4 is 21.6 Å². The average Bonchev–Trinajstić information content (AvgIpc) is 2.95. The van der Waals surface area contributed by atoms with Gasteiger partial charge in [-0.2, -0.15) is 35.1 Å². The van der Waals surface area contributed by atoms with Crippen molar-refractivity contribution in [3.05, 3.63) is 48.5 Å². The van der Waals surface area contributed by atoms with E-state index < -0.39 is 69.5 Å². The number of anilines is 1. The van der Waals surface area contributed by atoms with Crippen molar-refractivity contribution in [1.29, 1.82) is 0 Å². The number of hydrogen-bond donors (Lipinski definition) is 2. The molecule has 0 unspecified atom stereocenters. The molecule has 2 aromatic rings. The molecule has 1 amide bonds. The number of amides is 1. The summed E-state index contributed by atoms with van der Waals surface area (Å²) in [7, 11) is -5.57. The fraction of sp³-hybridized carbons (Fsp3) is 0.567. The Morgan fingerprint density at radius 2 is 1.52 bits per heavy atom. The second-order valence-electron chi connectivity index (χ2n) is 12.8. The number of carbonyl (C=O) groups is 1. The van der Waals surface area contributed by atoms with Gasteiger partial charge < -0.3 is 14.7 Å². The quantitative estimate of drug-likeness (QED) is 0.265. The van der Waals surface area contributed by atoms with Crippen LogP contribution in [0.5, 0.6) is 5.75 Å². The van der Waals surface area contributed by atoms with Crippen molar-refractivity contribution in [3.8, 4) is 16.9 Å². The fourth-order valence-electron chi connectivity index (χ4n) is 6.97. The standard InChI is InChI=1S/C30H32F8N2O5S/c31-25(32)45-23-6-4-20(5-7-23)21-2-1-3-22(15-21)40(24(41)14-19-16-28(42,17-19)29(33,34)35)18-26-8-11-27(12-9-26,13-10-26)39-46(43,44)30(36,37)38/h1-7,15,19,25,39,42H,8-14,16-18H2. The van der Waals surface area contributed by atoms with Gasteiger partial charge >= 0.3 is 28.3 Å². The van der Waals surface area contributed by atoms with Crippen LogP contribution in [-0.4, -0.2) is 55.4 Å². The SMILES string of the molecule is O=C(CC1CC(O)(C(F)(F)F)C1)N(CC12CCC(NS(=O)(=O)C(F)(F)F)(CC1)CC2)c1cccc(-c2ccc(OC(F)F)cc2)c1. The first-order chi connectivity index (χ1) is 21.2. The topological polar surface area (TPSA) is 95.9 Å². The summed E-state index contributed by atoms with van der Waals surface area (Å²) < 4.78 is 134. The molecule has 4 saturated carbocycles. The van der Waals surface area contributed by atoms with Crippen molar-refractivity contribution in [3.63, 3.8) is 0 Å². The lowest BCUT2D eigenvalue weighted by molar-refractivity contribution is -0.298. The van der Waals surface area contributed by atoms with Gasteiger partial charge in [0.2, 0.25) is 5.91 Å². The molecule has 7 nitrogen and oxygen atoms in total. The second kappa shape index (κ2) is 11.9. The number of nitrogens with one attached hydrogen (secondary N) is 1. The van der Waals surface area contributed by atoms with Crippen LogP contribution in [0, 0.1) is 11.3 Å². The van der Waals surface area contributed by atoms with Gasteiger partial charge in [0.1, 0.15) is 5.75 Å². The Balaban J connectivity index is 1.37. The molecule has 0 aromatic heterocycles. The van der Waals surface area contributed by atoms with E-state index in [-0.39, 0.29) is 38.0 Å². The third-order valence-corrected chi connectivity index (χ3v) is 11.0. The van der Waals surface area contributed by atoms with Gasteiger partial charge in [-0.3, -0.25) is 4.79 Å². The summed E-state index contributed by atoms with van der Waals surface area (Å²) in [5.41, 5.74) is -8.58. The number of ether oxygens (including phenoxy) is 1. The third-order valence-electron chi connectivity index (χ3n) is 9.67. The molecule has 0 saturated heterocycles. The van der Waals surface area contributed by atoms with E-state index in [1.54, 1.807) is 24.3 Å². The molecule has 0 aliphatic heterocycles. The van der Waals surface area contributed by atoms with E-state index in [2.05, 4.69) is 4.74 Å². The zero-order valence-corrected chi connectivity index (χ0v) is 25.1. The summed E-state index contributed by atoms with van der Waals surface area (Å²) in [4.78, 5) is 15.2. The van der Waals surface area contributed by atoms with Gasteiger partial charge in [0.05, 0.1) is 0 Å². The highest BCUT2D eigenvalue weighted by Crippen LogP contribution is 2.54. The van der Waals surface area contributed by atoms with Gasteiger partial charge in [-0.05, 0) is 98.1 Å². The van der Waals surface area contributed by atoms with Crippen LogP contribution < -0.4 is 14.4 Å². The number of carbonyl (C=O) groups excluding carboxylic acids is 1. The summed E-state index contributed by atoms with van der Waals surface area (Å²) in [6.45, 7) is -2.92. The molecule has 0 atom stereocenters. The monoisotopic (exact) mass is 684 g/mol. The average molecular weight is 685 g/mol. The molecule has 4 aliphatic rings. The normalized spacial score (nSPS) is 28.2. The minimum absolute atomic E-state index is 0.0617. The number of aliphatic hydroxyl groups is 1. The first kappa shape index (κ1) is 34.4. The molecule has 254 valence electrons. The summed E-state index contributed by atoms with van der Waals surface area (Å²) in [6, 6.07) is 12.4. The molecule has 2 N–H and O–H groups in total. The molecule has 6 rings (SSSR count). The summed E-state index contributed by atoms with van der Waals surface area (Å²) in [6.07, 6.45) is -5.13. The van der Waals surface area contributed by atoms with Crippen LogP contribution in [0.1, 0.15) is 57.8 Å². The maximum Gasteiger partial charge on any atom is 0.511 e. The van der Waals surface area contributed by atoms with Crippen molar-refractivity contribution in [2.45, 2.75) is 87.2 Å². The number of alkyl halides is 8. The Labute approximate surface area is 260 Å². The van der Waals surface area contributed by atoms with Gasteiger partial charge in [0.25, 0.3) is 0 Å². The predicted molar refractivity (Wildman–Crippen MR) is 150 cm³/mol. The number of benzene rings is 2. The zero-order valence-electron chi connectivity index (χ0n) is 24.3. The van der Waals surface area contributed by atoms with Crippen molar-refractivity contribution < 1.29 is 58.2 Å². The molecule has 4 aliphatic carbocycles. The number of sulfonamides is 1. The summed E-state index contributed by atoms with van der Waals surface area (Å²) in [5, 5.41) is 9.90. The first-order valence-electron chi connectivity index (χ1n) is 14.6. The molecule has 2 aromatic carbocycles. The van der Waals surface area contributed by atoms with E-state index in [4.69, 9.17) is 0 Å². The Kier molecular flexibility index (Phi) is 8.90. The largest absolute Gasteiger partial charge is 0.511 e. The Morgan fingerprint density at radius 3 is 2.04 bits per heavy atom. The predicted octanol–water partition coefficient (Wildman–Crippen LogP) is 6.91. The zero-order chi connectivity index (χ0) is 33.8. The minimum atomic E-state index is -5.57. The molecule has 0 spiro atoms. The van der Waals surface area contributed by atoms with E-state index in [1.807, 2.05) is 4.72 Å². The van der Waals surface area contributed by atoms with Crippen LogP contribution in [0.4, 0.5) is 40.8 Å². The smallest absolute Gasteiger partial charge is 0.435 e. The van der Waals surface area contributed by atoms with Crippen LogP contribution in [-0.2, 0) is 14.8 Å². The third kappa shape index (κ3) is 6.98. The highest BCUT2D eigenvalue weighted by Gasteiger charge is 2.61. The van der Waals surface area contributed by atoms with Crippen LogP contribution in [0.2, 0.25) is 0 Å². The van der Waals surface area contributed by atoms with Gasteiger partial charge in [-0.15, -0.1) is 0 Å². The van der Waals surface area contributed by atoms with Crippen molar-refractivity contribution in [2.24, 2.45) is 11.3 Å². The van der Waals surface area contributed by atoms with Gasteiger partial charge in [0, 0.05) is 24.2 Å². The molecular weight excluding hydrogens is 652 g/mol. The van der Waals surface area contributed by atoms with E-state index >= 15 is 0 Å². The summed E-state index contributed by atoms with van der Waals surface area (Å²) >= 11 is 0. The van der Waals surface area contributed by atoms with Crippen LogP contribution in [0.25, 0.3) is 11.1 Å². The lowest BCUT2D eigenvalue weighted by atomic mass is 9.57. The maximum absolute atomic E-state index is 13.8. The number of nitrogens with zero attached hydrogens (tertiary/aromatic N) is 1. The highest BCUT2D eigenvalue weighted by atomic mass is 32.2. The Hall–Kier alpha value is -2.98. The Morgan fingerprint density at radius 1 is 0.935 bits per heavy atom. The summed E-state index contributed by atoms with van der Waals surface area (Å²) in [5.74, 6) is -1.29. The lowest BCUT2D eigenvalue weighted by Crippen LogP contribution is -2.60. The highest BCUT2D eigenvalue weighted by molar-refractivity contribution is 7.90. The fourth-order valence-corrected chi connectivity index (χ4v) is 7.96. The maximum atomic E-state index is 13.8. The molecular formula is C30H32F8N2O5S. The van der Waals surface area contributed by atoms with Crippen molar-refractivity contribution in [2.75, 3.05) is 11.4 Å². The molecule has 2 bridgehead atoms. The van der Waals surface area contributed by atoms with E-state index in [0.717, 1.165) is 0 Å². The van der Waals surface area contributed by atoms with E-state index in [0.29, 0.717) is 36.1 Å². The van der Waals surface area contributed by atoms with Crippen LogP contribution in [0.3, 0.4) is 0 Å². The van der Waals surface area contributed by atoms with Crippen LogP contribution >= 0.6 is 0 Å². The number of hydrogen-bond acceptors (Lipinski definition) is 5. The van der Waals surface area contributed by atoms with Gasteiger partial charge in [0.15, 0.2) is 5.60 Å². The lowest BCUT2D eigenvalue weighted by Gasteiger charge is -2.54. The Bertz CT molecular complexity index is 1510. The minimum Gasteiger partial charge on any atom is -0.435 e. The molecule has 46 heavy (non-hydrogen) atoms. The molecule has 0 heterocycles. The van der Waals surface area contributed by atoms with Crippen molar-refractivity contribution in [1.82, 2.24) is 4.72 Å².